The van der Waals surface area contributed by atoms with Crippen molar-refractivity contribution in [3.05, 3.63) is 62.7 Å². The average Bonchev–Trinajstić information content (AvgIpc) is 2.99. The standard InChI is InChI=1S/C20H22ClN3O5S/c1-14-6-8-16(13-19(14)30(28,29)23-10-4-2-3-5-11-23)22-20(25)15-7-9-17(21)18(12-15)24(26)27/h6-9,12-13H,2-5,10-11H2,1H3,(H,22,25). The number of halogens is 1. The first-order valence-electron chi connectivity index (χ1n) is 9.56. The molecule has 1 amide bonds. The van der Waals surface area contributed by atoms with Crippen molar-refractivity contribution in [2.75, 3.05) is 18.4 Å². The number of carbonyl (C=O) groups is 1. The van der Waals surface area contributed by atoms with Gasteiger partial charge in [-0.2, -0.15) is 4.31 Å². The number of nitrogens with zero attached hydrogens (tertiary/aromatic N) is 2. The van der Waals surface area contributed by atoms with Crippen LogP contribution < -0.4 is 5.32 Å². The molecule has 30 heavy (non-hydrogen) atoms. The number of aryl methyl sites for hydroxylation is 1. The number of nitro benzene ring substituents is 1. The molecule has 1 fully saturated rings. The van der Waals surface area contributed by atoms with Crippen molar-refractivity contribution in [1.82, 2.24) is 4.31 Å². The number of benzene rings is 2. The second-order valence-electron chi connectivity index (χ2n) is 7.18. The lowest BCUT2D eigenvalue weighted by Crippen LogP contribution is -2.32. The molecular formula is C20H22ClN3O5S. The number of rotatable bonds is 5. The van der Waals surface area contributed by atoms with Gasteiger partial charge in [-0.1, -0.05) is 30.5 Å². The Bertz CT molecular complexity index is 1080. The summed E-state index contributed by atoms with van der Waals surface area (Å²) in [6.45, 7) is 2.67. The summed E-state index contributed by atoms with van der Waals surface area (Å²) >= 11 is 5.79. The Hall–Kier alpha value is -2.49. The van der Waals surface area contributed by atoms with Gasteiger partial charge in [-0.05, 0) is 49.6 Å². The number of amides is 1. The van der Waals surface area contributed by atoms with Gasteiger partial charge in [0.05, 0.1) is 9.82 Å². The van der Waals surface area contributed by atoms with Crippen molar-refractivity contribution in [2.24, 2.45) is 0 Å². The molecule has 0 unspecified atom stereocenters. The number of sulfonamides is 1. The number of anilines is 1. The van der Waals surface area contributed by atoms with Crippen LogP contribution in [0.5, 0.6) is 0 Å². The van der Waals surface area contributed by atoms with Crippen LogP contribution in [0.4, 0.5) is 11.4 Å². The van der Waals surface area contributed by atoms with E-state index >= 15 is 0 Å². The van der Waals surface area contributed by atoms with Gasteiger partial charge in [0, 0.05) is 30.4 Å². The number of hydrogen-bond acceptors (Lipinski definition) is 5. The van der Waals surface area contributed by atoms with Gasteiger partial charge < -0.3 is 5.32 Å². The van der Waals surface area contributed by atoms with Crippen molar-refractivity contribution >= 4 is 38.9 Å². The lowest BCUT2D eigenvalue weighted by molar-refractivity contribution is -0.384. The summed E-state index contributed by atoms with van der Waals surface area (Å²) in [5.41, 5.74) is 0.539. The van der Waals surface area contributed by atoms with Gasteiger partial charge in [-0.25, -0.2) is 8.42 Å². The van der Waals surface area contributed by atoms with E-state index in [1.807, 2.05) is 0 Å². The van der Waals surface area contributed by atoms with Crippen LogP contribution in [0.3, 0.4) is 0 Å². The molecule has 3 rings (SSSR count). The van der Waals surface area contributed by atoms with Gasteiger partial charge in [0.2, 0.25) is 10.0 Å². The molecule has 2 aromatic rings. The zero-order valence-electron chi connectivity index (χ0n) is 16.4. The van der Waals surface area contributed by atoms with Crippen LogP contribution in [-0.4, -0.2) is 36.6 Å². The summed E-state index contributed by atoms with van der Waals surface area (Å²) in [7, 11) is -3.69. The maximum Gasteiger partial charge on any atom is 0.288 e. The van der Waals surface area contributed by atoms with Crippen molar-refractivity contribution in [3.63, 3.8) is 0 Å². The van der Waals surface area contributed by atoms with Gasteiger partial charge in [0.15, 0.2) is 0 Å². The summed E-state index contributed by atoms with van der Waals surface area (Å²) in [6.07, 6.45) is 3.66. The van der Waals surface area contributed by atoms with E-state index in [0.29, 0.717) is 18.7 Å². The summed E-state index contributed by atoms with van der Waals surface area (Å²) in [5.74, 6) is -0.600. The molecule has 0 atom stereocenters. The maximum atomic E-state index is 13.1. The Labute approximate surface area is 180 Å². The molecule has 0 saturated carbocycles. The number of nitrogens with one attached hydrogen (secondary N) is 1. The van der Waals surface area contributed by atoms with E-state index < -0.39 is 20.9 Å². The van der Waals surface area contributed by atoms with Crippen molar-refractivity contribution in [3.8, 4) is 0 Å². The summed E-state index contributed by atoms with van der Waals surface area (Å²) in [4.78, 5) is 23.1. The smallest absolute Gasteiger partial charge is 0.288 e. The minimum atomic E-state index is -3.69. The van der Waals surface area contributed by atoms with Crippen LogP contribution in [0.2, 0.25) is 5.02 Å². The minimum Gasteiger partial charge on any atom is -0.322 e. The number of carbonyl (C=O) groups excluding carboxylic acids is 1. The maximum absolute atomic E-state index is 13.1. The SMILES string of the molecule is Cc1ccc(NC(=O)c2ccc(Cl)c([N+](=O)[O-])c2)cc1S(=O)(=O)N1CCCCCC1. The lowest BCUT2D eigenvalue weighted by Gasteiger charge is -2.21. The second kappa shape index (κ2) is 9.11. The Morgan fingerprint density at radius 3 is 2.40 bits per heavy atom. The highest BCUT2D eigenvalue weighted by molar-refractivity contribution is 7.89. The van der Waals surface area contributed by atoms with Crippen LogP contribution in [0, 0.1) is 17.0 Å². The summed E-state index contributed by atoms with van der Waals surface area (Å²) < 4.78 is 27.8. The predicted molar refractivity (Wildman–Crippen MR) is 114 cm³/mol. The summed E-state index contributed by atoms with van der Waals surface area (Å²) in [5, 5.41) is 13.6. The fourth-order valence-electron chi connectivity index (χ4n) is 3.37. The molecule has 8 nitrogen and oxygen atoms in total. The quantitative estimate of drug-likeness (QED) is 0.536. The van der Waals surface area contributed by atoms with Crippen LogP contribution in [0.1, 0.15) is 41.6 Å². The van der Waals surface area contributed by atoms with E-state index in [2.05, 4.69) is 5.32 Å². The molecule has 1 heterocycles. The van der Waals surface area contributed by atoms with Crippen molar-refractivity contribution in [2.45, 2.75) is 37.5 Å². The Morgan fingerprint density at radius 2 is 1.77 bits per heavy atom. The Morgan fingerprint density at radius 1 is 1.10 bits per heavy atom. The van der Waals surface area contributed by atoms with Gasteiger partial charge in [0.1, 0.15) is 5.02 Å². The monoisotopic (exact) mass is 451 g/mol. The largest absolute Gasteiger partial charge is 0.322 e. The molecule has 160 valence electrons. The Kier molecular flexibility index (Phi) is 6.74. The van der Waals surface area contributed by atoms with Crippen molar-refractivity contribution < 1.29 is 18.1 Å². The molecule has 1 aliphatic rings. The molecule has 2 aromatic carbocycles. The van der Waals surface area contributed by atoms with E-state index in [0.717, 1.165) is 31.7 Å². The molecule has 0 aromatic heterocycles. The zero-order valence-corrected chi connectivity index (χ0v) is 18.0. The first-order chi connectivity index (χ1) is 14.2. The molecule has 1 N–H and O–H groups in total. The third kappa shape index (κ3) is 4.80. The van der Waals surface area contributed by atoms with Gasteiger partial charge in [-0.3, -0.25) is 14.9 Å². The highest BCUT2D eigenvalue weighted by Gasteiger charge is 2.27. The number of nitro groups is 1. The molecule has 0 radical (unpaired) electrons. The Balaban J connectivity index is 1.87. The number of hydrogen-bond donors (Lipinski definition) is 1. The molecule has 0 spiro atoms. The summed E-state index contributed by atoms with van der Waals surface area (Å²) in [6, 6.07) is 8.38. The third-order valence-electron chi connectivity index (χ3n) is 5.03. The van der Waals surface area contributed by atoms with Crippen molar-refractivity contribution in [1.29, 1.82) is 0 Å². The van der Waals surface area contributed by atoms with E-state index in [9.17, 15) is 23.3 Å². The molecule has 0 aliphatic carbocycles. The highest BCUT2D eigenvalue weighted by atomic mass is 35.5. The predicted octanol–water partition coefficient (Wildman–Crippen LogP) is 4.37. The molecule has 1 aliphatic heterocycles. The lowest BCUT2D eigenvalue weighted by atomic mass is 10.1. The van der Waals surface area contributed by atoms with Gasteiger partial charge in [-0.15, -0.1) is 0 Å². The van der Waals surface area contributed by atoms with Gasteiger partial charge in [0.25, 0.3) is 11.6 Å². The van der Waals surface area contributed by atoms with E-state index in [4.69, 9.17) is 11.6 Å². The van der Waals surface area contributed by atoms with E-state index in [1.165, 1.54) is 22.5 Å². The van der Waals surface area contributed by atoms with E-state index in [-0.39, 0.29) is 26.9 Å². The average molecular weight is 452 g/mol. The van der Waals surface area contributed by atoms with Gasteiger partial charge >= 0.3 is 0 Å². The zero-order chi connectivity index (χ0) is 21.9. The van der Waals surface area contributed by atoms with E-state index in [1.54, 1.807) is 19.1 Å². The fraction of sp³-hybridized carbons (Fsp3) is 0.350. The second-order valence-corrected chi connectivity index (χ2v) is 9.49. The van der Waals surface area contributed by atoms with Crippen LogP contribution >= 0.6 is 11.6 Å². The highest BCUT2D eigenvalue weighted by Crippen LogP contribution is 2.28. The molecule has 10 heteroatoms. The third-order valence-corrected chi connectivity index (χ3v) is 7.39. The fourth-order valence-corrected chi connectivity index (χ4v) is 5.33. The molecular weight excluding hydrogens is 430 g/mol. The molecule has 0 bridgehead atoms. The minimum absolute atomic E-state index is 0.0450. The molecule has 1 saturated heterocycles. The topological polar surface area (TPSA) is 110 Å². The van der Waals surface area contributed by atoms with Crippen LogP contribution in [0.15, 0.2) is 41.3 Å². The van der Waals surface area contributed by atoms with Crippen LogP contribution in [-0.2, 0) is 10.0 Å². The normalized spacial score (nSPS) is 15.4. The first kappa shape index (κ1) is 22.2. The first-order valence-corrected chi connectivity index (χ1v) is 11.4. The van der Waals surface area contributed by atoms with Crippen LogP contribution in [0.25, 0.3) is 0 Å².